The molecule has 0 saturated carbocycles. The van der Waals surface area contributed by atoms with Crippen molar-refractivity contribution in [1.29, 1.82) is 0 Å². The Hall–Kier alpha value is -5.86. The Morgan fingerprint density at radius 3 is 2.06 bits per heavy atom. The quantitative estimate of drug-likeness (QED) is 0.177. The molecule has 0 fully saturated rings. The van der Waals surface area contributed by atoms with E-state index in [0.29, 0.717) is 44.8 Å². The molecule has 0 aliphatic carbocycles. The van der Waals surface area contributed by atoms with E-state index in [1.807, 2.05) is 88.4 Å². The molecular weight excluding hydrogens is 633 g/mol. The summed E-state index contributed by atoms with van der Waals surface area (Å²) in [6.07, 6.45) is 0. The number of fused-ring (bicyclic) bond motifs is 4. The van der Waals surface area contributed by atoms with Crippen LogP contribution in [0.25, 0.3) is 65.6 Å². The van der Waals surface area contributed by atoms with Gasteiger partial charge in [0.2, 0.25) is 0 Å². The van der Waals surface area contributed by atoms with E-state index in [1.54, 1.807) is 11.3 Å². The van der Waals surface area contributed by atoms with E-state index in [-0.39, 0.29) is 12.2 Å². The summed E-state index contributed by atoms with van der Waals surface area (Å²) in [5.74, 6) is -1.21. The first-order chi connectivity index (χ1) is 23.7. The summed E-state index contributed by atoms with van der Waals surface area (Å²) >= 11 is 1.64. The van der Waals surface area contributed by atoms with E-state index in [4.69, 9.17) is 19.1 Å². The van der Waals surface area contributed by atoms with Crippen molar-refractivity contribution in [3.05, 3.63) is 129 Å². The van der Waals surface area contributed by atoms with Gasteiger partial charge in [0.25, 0.3) is 0 Å². The van der Waals surface area contributed by atoms with Crippen LogP contribution in [0.5, 0.6) is 0 Å². The Labute approximate surface area is 285 Å². The van der Waals surface area contributed by atoms with Gasteiger partial charge in [-0.2, -0.15) is 0 Å². The minimum absolute atomic E-state index is 0.120. The number of hydrogen-bond donors (Lipinski definition) is 1. The highest BCUT2D eigenvalue weighted by atomic mass is 32.1. The van der Waals surface area contributed by atoms with Crippen LogP contribution in [0.15, 0.2) is 94.7 Å². The van der Waals surface area contributed by atoms with E-state index < -0.39 is 11.9 Å². The van der Waals surface area contributed by atoms with Gasteiger partial charge in [0.1, 0.15) is 17.9 Å². The zero-order valence-electron chi connectivity index (χ0n) is 27.3. The number of pyridine rings is 2. The Morgan fingerprint density at radius 1 is 0.735 bits per heavy atom. The highest BCUT2D eigenvalue weighted by Crippen LogP contribution is 2.38. The average Bonchev–Trinajstić information content (AvgIpc) is 3.68. The van der Waals surface area contributed by atoms with E-state index >= 15 is 0 Å². The summed E-state index contributed by atoms with van der Waals surface area (Å²) in [6.45, 7) is 7.72. The van der Waals surface area contributed by atoms with Gasteiger partial charge >= 0.3 is 11.9 Å². The number of carboxylic acid groups (broad SMARTS) is 1. The van der Waals surface area contributed by atoms with Gasteiger partial charge in [0, 0.05) is 42.8 Å². The van der Waals surface area contributed by atoms with Crippen molar-refractivity contribution in [2.45, 2.75) is 34.3 Å². The summed E-state index contributed by atoms with van der Waals surface area (Å²) in [6, 6.07) is 26.8. The second-order valence-electron chi connectivity index (χ2n) is 12.5. The molecule has 0 unspecified atom stereocenters. The van der Waals surface area contributed by atoms with Crippen molar-refractivity contribution in [3.8, 4) is 22.7 Å². The number of carbonyl (C=O) groups is 2. The minimum Gasteiger partial charge on any atom is -0.478 e. The zero-order valence-corrected chi connectivity index (χ0v) is 28.1. The molecule has 7 nitrogen and oxygen atoms in total. The summed E-state index contributed by atoms with van der Waals surface area (Å²) in [4.78, 5) is 36.6. The van der Waals surface area contributed by atoms with Gasteiger partial charge in [0.05, 0.1) is 27.9 Å². The smallest absolute Gasteiger partial charge is 0.339 e. The Balaban J connectivity index is 1.24. The topological polar surface area (TPSA) is 103 Å². The number of aryl methyl sites for hydroxylation is 4. The van der Waals surface area contributed by atoms with E-state index in [9.17, 15) is 14.7 Å². The molecule has 4 aromatic carbocycles. The molecule has 0 bridgehead atoms. The summed E-state index contributed by atoms with van der Waals surface area (Å²) in [5, 5.41) is 15.4. The van der Waals surface area contributed by atoms with Crippen LogP contribution in [-0.4, -0.2) is 27.0 Å². The average molecular weight is 663 g/mol. The molecule has 1 N–H and O–H groups in total. The summed E-state index contributed by atoms with van der Waals surface area (Å²) in [7, 11) is 0. The Morgan fingerprint density at radius 2 is 1.35 bits per heavy atom. The maximum atomic E-state index is 14.2. The molecule has 8 aromatic rings. The standard InChI is InChI=1S/C41H30N2O5S/c1-21-13-23(3)37-27(15-21)29(40(44)45)17-34(43-37)39-31(25-9-5-7-11-35(25)48-39)19-47-41(46)30-18-33(32-20-49-36-12-8-6-10-26(32)36)42-38-24(4)14-22(2)16-28(30)38/h5-18,20H,19H2,1-4H3,(H,44,45). The molecule has 4 aromatic heterocycles. The molecule has 49 heavy (non-hydrogen) atoms. The molecule has 0 aliphatic heterocycles. The lowest BCUT2D eigenvalue weighted by atomic mass is 9.99. The molecule has 0 aliphatic rings. The van der Waals surface area contributed by atoms with Crippen LogP contribution in [0.4, 0.5) is 0 Å². The normalized spacial score (nSPS) is 11.6. The molecule has 0 amide bonds. The predicted molar refractivity (Wildman–Crippen MR) is 195 cm³/mol. The molecule has 4 heterocycles. The van der Waals surface area contributed by atoms with Crippen molar-refractivity contribution in [1.82, 2.24) is 9.97 Å². The number of ether oxygens (including phenoxy) is 1. The second-order valence-corrected chi connectivity index (χ2v) is 13.4. The van der Waals surface area contributed by atoms with Crippen LogP contribution in [0, 0.1) is 27.7 Å². The van der Waals surface area contributed by atoms with Crippen LogP contribution in [-0.2, 0) is 11.3 Å². The highest BCUT2D eigenvalue weighted by molar-refractivity contribution is 7.17. The number of thiophene rings is 1. The lowest BCUT2D eigenvalue weighted by molar-refractivity contribution is 0.0476. The third kappa shape index (κ3) is 5.21. The van der Waals surface area contributed by atoms with Gasteiger partial charge in [-0.05, 0) is 75.2 Å². The number of esters is 1. The fourth-order valence-electron chi connectivity index (χ4n) is 6.80. The number of rotatable bonds is 6. The summed E-state index contributed by atoms with van der Waals surface area (Å²) < 4.78 is 13.6. The van der Waals surface area contributed by atoms with Gasteiger partial charge in [-0.3, -0.25) is 0 Å². The summed E-state index contributed by atoms with van der Waals surface area (Å²) in [5.41, 5.74) is 8.84. The lowest BCUT2D eigenvalue weighted by Gasteiger charge is -2.13. The highest BCUT2D eigenvalue weighted by Gasteiger charge is 2.24. The predicted octanol–water partition coefficient (Wildman–Crippen LogP) is 10.4. The van der Waals surface area contributed by atoms with Crippen molar-refractivity contribution in [2.24, 2.45) is 0 Å². The fourth-order valence-corrected chi connectivity index (χ4v) is 7.76. The maximum absolute atomic E-state index is 14.2. The fraction of sp³-hybridized carbons (Fsp3) is 0.122. The second kappa shape index (κ2) is 11.7. The minimum atomic E-state index is -1.06. The monoisotopic (exact) mass is 662 g/mol. The molecule has 240 valence electrons. The molecular formula is C41H30N2O5S. The number of para-hydroxylation sites is 1. The first-order valence-electron chi connectivity index (χ1n) is 15.9. The van der Waals surface area contributed by atoms with Gasteiger partial charge in [-0.1, -0.05) is 59.7 Å². The third-order valence-electron chi connectivity index (χ3n) is 8.98. The van der Waals surface area contributed by atoms with Gasteiger partial charge in [0.15, 0.2) is 5.76 Å². The van der Waals surface area contributed by atoms with Crippen LogP contribution < -0.4 is 0 Å². The molecule has 0 spiro atoms. The van der Waals surface area contributed by atoms with Crippen molar-refractivity contribution in [2.75, 3.05) is 0 Å². The first kappa shape index (κ1) is 30.5. The van der Waals surface area contributed by atoms with Gasteiger partial charge < -0.3 is 14.3 Å². The number of aromatic carboxylic acids is 1. The number of carboxylic acids is 1. The van der Waals surface area contributed by atoms with Crippen LogP contribution in [0.2, 0.25) is 0 Å². The Kier molecular flexibility index (Phi) is 7.26. The van der Waals surface area contributed by atoms with Crippen LogP contribution in [0.3, 0.4) is 0 Å². The molecule has 0 atom stereocenters. The SMILES string of the molecule is Cc1cc(C)c2nc(-c3oc4ccccc4c3COC(=O)c3cc(-c4csc5ccccc45)nc4c(C)cc(C)cc34)cc(C(=O)O)c2c1. The lowest BCUT2D eigenvalue weighted by Crippen LogP contribution is -2.08. The van der Waals surface area contributed by atoms with E-state index in [0.717, 1.165) is 54.2 Å². The molecule has 0 saturated heterocycles. The number of carbonyl (C=O) groups excluding carboxylic acids is 1. The van der Waals surface area contributed by atoms with E-state index in [1.165, 1.54) is 6.07 Å². The van der Waals surface area contributed by atoms with Crippen LogP contribution >= 0.6 is 11.3 Å². The molecule has 0 radical (unpaired) electrons. The molecule has 8 heteroatoms. The van der Waals surface area contributed by atoms with Crippen LogP contribution in [0.1, 0.15) is 48.5 Å². The van der Waals surface area contributed by atoms with Gasteiger partial charge in [-0.15, -0.1) is 11.3 Å². The Bertz CT molecular complexity index is 2670. The third-order valence-corrected chi connectivity index (χ3v) is 9.95. The number of furan rings is 1. The van der Waals surface area contributed by atoms with Gasteiger partial charge in [-0.25, -0.2) is 19.6 Å². The zero-order chi connectivity index (χ0) is 34.0. The van der Waals surface area contributed by atoms with E-state index in [2.05, 4.69) is 23.6 Å². The number of aromatic nitrogens is 2. The van der Waals surface area contributed by atoms with Crippen molar-refractivity contribution in [3.63, 3.8) is 0 Å². The number of benzene rings is 4. The number of hydrogen-bond acceptors (Lipinski definition) is 7. The molecule has 8 rings (SSSR count). The van der Waals surface area contributed by atoms with Crippen molar-refractivity contribution < 1.29 is 23.8 Å². The largest absolute Gasteiger partial charge is 0.478 e. The van der Waals surface area contributed by atoms with Crippen molar-refractivity contribution >= 4 is 66.1 Å². The number of nitrogens with zero attached hydrogens (tertiary/aromatic N) is 2. The maximum Gasteiger partial charge on any atom is 0.339 e. The first-order valence-corrected chi connectivity index (χ1v) is 16.8.